The molecule has 30 heavy (non-hydrogen) atoms. The van der Waals surface area contributed by atoms with Crippen LogP contribution in [0, 0.1) is 12.7 Å². The maximum Gasteiger partial charge on any atom is 0.328 e. The molecule has 0 aliphatic heterocycles. The highest BCUT2D eigenvalue weighted by molar-refractivity contribution is 5.78. The van der Waals surface area contributed by atoms with E-state index in [0.717, 1.165) is 17.5 Å². The number of aryl methyl sites for hydroxylation is 1. The Bertz CT molecular complexity index is 1190. The fourth-order valence-corrected chi connectivity index (χ4v) is 2.82. The minimum absolute atomic E-state index is 0.0463. The number of rotatable bonds is 7. The van der Waals surface area contributed by atoms with Gasteiger partial charge in [0.15, 0.2) is 17.1 Å². The molecule has 0 unspecified atom stereocenters. The zero-order valence-electron chi connectivity index (χ0n) is 16.8. The molecule has 0 amide bonds. The number of halogens is 1. The van der Waals surface area contributed by atoms with E-state index >= 15 is 0 Å². The third-order valence-electron chi connectivity index (χ3n) is 4.25. The summed E-state index contributed by atoms with van der Waals surface area (Å²) in [6.07, 6.45) is 0.775. The van der Waals surface area contributed by atoms with Crippen LogP contribution >= 0.6 is 0 Å². The van der Waals surface area contributed by atoms with Crippen molar-refractivity contribution in [3.63, 3.8) is 0 Å². The molecule has 7 nitrogen and oxygen atoms in total. The van der Waals surface area contributed by atoms with Crippen LogP contribution in [-0.4, -0.2) is 28.7 Å². The van der Waals surface area contributed by atoms with Crippen molar-refractivity contribution in [3.8, 4) is 34.8 Å². The Morgan fingerprint density at radius 2 is 1.93 bits per heavy atom. The van der Waals surface area contributed by atoms with E-state index in [1.165, 1.54) is 19.2 Å². The second kappa shape index (κ2) is 8.36. The summed E-state index contributed by atoms with van der Waals surface area (Å²) in [7, 11) is 1.46. The summed E-state index contributed by atoms with van der Waals surface area (Å²) < 4.78 is 36.4. The van der Waals surface area contributed by atoms with Gasteiger partial charge in [0, 0.05) is 11.6 Å². The molecule has 0 aliphatic carbocycles. The molecule has 154 valence electrons. The molecular formula is C22H20FN3O4. The van der Waals surface area contributed by atoms with Crippen molar-refractivity contribution in [1.82, 2.24) is 15.0 Å². The predicted molar refractivity (Wildman–Crippen MR) is 109 cm³/mol. The number of aromatic nitrogens is 3. The number of nitrogens with zero attached hydrogens (tertiary/aromatic N) is 3. The Balaban J connectivity index is 1.75. The SMILES string of the molecule is CCCOc1nc(Oc2ccc(OC)cc2F)nc2oc(-c3cccc(C)c3)nc12. The van der Waals surface area contributed by atoms with Crippen molar-refractivity contribution in [2.24, 2.45) is 0 Å². The number of benzene rings is 2. The first-order valence-electron chi connectivity index (χ1n) is 9.47. The lowest BCUT2D eigenvalue weighted by Gasteiger charge is -2.08. The maximum absolute atomic E-state index is 14.3. The summed E-state index contributed by atoms with van der Waals surface area (Å²) in [4.78, 5) is 13.0. The average molecular weight is 409 g/mol. The Hall–Kier alpha value is -3.68. The van der Waals surface area contributed by atoms with E-state index in [0.29, 0.717) is 23.8 Å². The van der Waals surface area contributed by atoms with Gasteiger partial charge in [0.25, 0.3) is 11.6 Å². The highest BCUT2D eigenvalue weighted by Gasteiger charge is 2.19. The van der Waals surface area contributed by atoms with E-state index < -0.39 is 5.82 Å². The minimum Gasteiger partial charge on any atom is -0.497 e. The van der Waals surface area contributed by atoms with E-state index in [4.69, 9.17) is 18.6 Å². The maximum atomic E-state index is 14.3. The van der Waals surface area contributed by atoms with E-state index in [2.05, 4.69) is 15.0 Å². The first-order chi connectivity index (χ1) is 14.6. The van der Waals surface area contributed by atoms with Crippen LogP contribution in [0.4, 0.5) is 4.39 Å². The van der Waals surface area contributed by atoms with Gasteiger partial charge in [0.2, 0.25) is 5.89 Å². The highest BCUT2D eigenvalue weighted by Crippen LogP contribution is 2.32. The van der Waals surface area contributed by atoms with E-state index in [9.17, 15) is 4.39 Å². The molecule has 2 heterocycles. The summed E-state index contributed by atoms with van der Waals surface area (Å²) in [6.45, 7) is 4.38. The normalized spacial score (nSPS) is 10.9. The smallest absolute Gasteiger partial charge is 0.328 e. The van der Waals surface area contributed by atoms with Crippen LogP contribution in [0.1, 0.15) is 18.9 Å². The van der Waals surface area contributed by atoms with Gasteiger partial charge < -0.3 is 18.6 Å². The Morgan fingerprint density at radius 1 is 1.07 bits per heavy atom. The van der Waals surface area contributed by atoms with Crippen molar-refractivity contribution in [2.75, 3.05) is 13.7 Å². The van der Waals surface area contributed by atoms with E-state index in [-0.39, 0.29) is 23.4 Å². The van der Waals surface area contributed by atoms with Crippen molar-refractivity contribution in [1.29, 1.82) is 0 Å². The topological polar surface area (TPSA) is 79.5 Å². The van der Waals surface area contributed by atoms with Gasteiger partial charge in [-0.25, -0.2) is 9.37 Å². The largest absolute Gasteiger partial charge is 0.497 e. The summed E-state index contributed by atoms with van der Waals surface area (Å²) in [5.41, 5.74) is 2.44. The second-order valence-corrected chi connectivity index (χ2v) is 6.60. The van der Waals surface area contributed by atoms with Gasteiger partial charge in [-0.15, -0.1) is 0 Å². The molecule has 2 aromatic heterocycles. The summed E-state index contributed by atoms with van der Waals surface area (Å²) >= 11 is 0. The molecule has 0 saturated heterocycles. The Labute approximate surface area is 172 Å². The van der Waals surface area contributed by atoms with Gasteiger partial charge in [-0.3, -0.25) is 0 Å². The molecule has 0 fully saturated rings. The summed E-state index contributed by atoms with van der Waals surface area (Å²) in [5.74, 6) is 0.328. The van der Waals surface area contributed by atoms with Gasteiger partial charge in [-0.2, -0.15) is 9.97 Å². The first-order valence-corrected chi connectivity index (χ1v) is 9.47. The molecule has 0 N–H and O–H groups in total. The molecule has 0 spiro atoms. The summed E-state index contributed by atoms with van der Waals surface area (Å²) in [5, 5.41) is 0. The van der Waals surface area contributed by atoms with Crippen molar-refractivity contribution < 1.29 is 23.0 Å². The van der Waals surface area contributed by atoms with Gasteiger partial charge in [0.05, 0.1) is 13.7 Å². The van der Waals surface area contributed by atoms with Crippen LogP contribution in [0.25, 0.3) is 22.7 Å². The van der Waals surface area contributed by atoms with Crippen LogP contribution < -0.4 is 14.2 Å². The summed E-state index contributed by atoms with van der Waals surface area (Å²) in [6, 6.07) is 11.9. The lowest BCUT2D eigenvalue weighted by Crippen LogP contribution is -2.01. The molecule has 8 heteroatoms. The van der Waals surface area contributed by atoms with Crippen LogP contribution in [0.3, 0.4) is 0 Å². The Kier molecular flexibility index (Phi) is 5.47. The van der Waals surface area contributed by atoms with Gasteiger partial charge in [-0.05, 0) is 37.6 Å². The molecule has 0 aliphatic rings. The molecule has 0 radical (unpaired) electrons. The van der Waals surface area contributed by atoms with Crippen molar-refractivity contribution in [2.45, 2.75) is 20.3 Å². The van der Waals surface area contributed by atoms with Crippen LogP contribution in [-0.2, 0) is 0 Å². The number of hydrogen-bond acceptors (Lipinski definition) is 7. The zero-order valence-corrected chi connectivity index (χ0v) is 16.8. The number of methoxy groups -OCH3 is 1. The highest BCUT2D eigenvalue weighted by atomic mass is 19.1. The molecule has 4 rings (SSSR count). The van der Waals surface area contributed by atoms with Crippen molar-refractivity contribution >= 4 is 11.2 Å². The number of oxazole rings is 1. The molecule has 0 saturated carbocycles. The van der Waals surface area contributed by atoms with Gasteiger partial charge in [-0.1, -0.05) is 24.6 Å². The Morgan fingerprint density at radius 3 is 2.67 bits per heavy atom. The molecule has 0 atom stereocenters. The third kappa shape index (κ3) is 4.03. The monoisotopic (exact) mass is 409 g/mol. The number of ether oxygens (including phenoxy) is 3. The predicted octanol–water partition coefficient (Wildman–Crippen LogP) is 5.32. The second-order valence-electron chi connectivity index (χ2n) is 6.60. The standard InChI is InChI=1S/C22H20FN3O4/c1-4-10-28-20-18-21(30-19(24-18)14-7-5-6-13(2)11-14)26-22(25-20)29-17-9-8-15(27-3)12-16(17)23/h5-9,11-12H,4,10H2,1-3H3. The van der Waals surface area contributed by atoms with E-state index in [1.807, 2.05) is 38.1 Å². The quantitative estimate of drug-likeness (QED) is 0.408. The van der Waals surface area contributed by atoms with Crippen molar-refractivity contribution in [3.05, 3.63) is 53.8 Å². The van der Waals surface area contributed by atoms with Crippen LogP contribution in [0.2, 0.25) is 0 Å². The number of fused-ring (bicyclic) bond motifs is 1. The fourth-order valence-electron chi connectivity index (χ4n) is 2.82. The van der Waals surface area contributed by atoms with Gasteiger partial charge >= 0.3 is 6.01 Å². The lowest BCUT2D eigenvalue weighted by atomic mass is 10.1. The lowest BCUT2D eigenvalue weighted by molar-refractivity contribution is 0.301. The third-order valence-corrected chi connectivity index (χ3v) is 4.25. The number of hydrogen-bond donors (Lipinski definition) is 0. The molecule has 2 aromatic carbocycles. The van der Waals surface area contributed by atoms with Crippen LogP contribution in [0.15, 0.2) is 46.9 Å². The van der Waals surface area contributed by atoms with Crippen LogP contribution in [0.5, 0.6) is 23.4 Å². The zero-order chi connectivity index (χ0) is 21.1. The minimum atomic E-state index is -0.605. The fraction of sp³-hybridized carbons (Fsp3) is 0.227. The average Bonchev–Trinajstić information content (AvgIpc) is 3.18. The van der Waals surface area contributed by atoms with Gasteiger partial charge in [0.1, 0.15) is 5.75 Å². The molecular weight excluding hydrogens is 389 g/mol. The first kappa shape index (κ1) is 19.6. The molecule has 0 bridgehead atoms. The molecule has 4 aromatic rings. The van der Waals surface area contributed by atoms with E-state index in [1.54, 1.807) is 6.07 Å².